The van der Waals surface area contributed by atoms with Gasteiger partial charge in [0.25, 0.3) is 0 Å². The molecule has 0 aliphatic carbocycles. The van der Waals surface area contributed by atoms with E-state index in [0.717, 1.165) is 12.8 Å². The molecule has 0 spiro atoms. The van der Waals surface area contributed by atoms with Crippen molar-refractivity contribution < 1.29 is 14.2 Å². The molecule has 0 saturated heterocycles. The van der Waals surface area contributed by atoms with Gasteiger partial charge in [-0.15, -0.1) is 0 Å². The van der Waals surface area contributed by atoms with E-state index in [-0.39, 0.29) is 5.75 Å². The Bertz CT molecular complexity index is 350. The quantitative estimate of drug-likeness (QED) is 0.703. The maximum absolute atomic E-state index is 13.6. The summed E-state index contributed by atoms with van der Waals surface area (Å²) in [6.45, 7) is 4.34. The molecule has 0 aliphatic heterocycles. The van der Waals surface area contributed by atoms with E-state index in [0.29, 0.717) is 12.2 Å². The van der Waals surface area contributed by atoms with Crippen molar-refractivity contribution in [3.05, 3.63) is 29.6 Å². The first kappa shape index (κ1) is 15.0. The molecular formula is C15H23FO2. The highest BCUT2D eigenvalue weighted by molar-refractivity contribution is 5.30. The number of hydrogen-bond acceptors (Lipinski definition) is 2. The molecule has 1 N–H and O–H groups in total. The van der Waals surface area contributed by atoms with Crippen molar-refractivity contribution in [3.8, 4) is 5.75 Å². The molecule has 0 fully saturated rings. The second-order valence-corrected chi connectivity index (χ2v) is 4.63. The Hall–Kier alpha value is -1.09. The van der Waals surface area contributed by atoms with Crippen LogP contribution in [0.2, 0.25) is 0 Å². The predicted octanol–water partition coefficient (Wildman–Crippen LogP) is 4.23. The van der Waals surface area contributed by atoms with Crippen LogP contribution < -0.4 is 4.74 Å². The van der Waals surface area contributed by atoms with Crippen LogP contribution in [0.15, 0.2) is 18.2 Å². The van der Waals surface area contributed by atoms with Gasteiger partial charge in [0.15, 0.2) is 11.6 Å². The third kappa shape index (κ3) is 5.05. The minimum absolute atomic E-state index is 0.273. The molecule has 0 saturated carbocycles. The topological polar surface area (TPSA) is 29.5 Å². The molecule has 102 valence electrons. The normalized spacial score (nSPS) is 12.4. The van der Waals surface area contributed by atoms with Gasteiger partial charge < -0.3 is 9.84 Å². The molecule has 1 rings (SSSR count). The number of rotatable bonds is 8. The first-order chi connectivity index (χ1) is 8.65. The van der Waals surface area contributed by atoms with Crippen LogP contribution in [-0.4, -0.2) is 11.7 Å². The summed E-state index contributed by atoms with van der Waals surface area (Å²) in [6, 6.07) is 4.61. The van der Waals surface area contributed by atoms with Gasteiger partial charge in [-0.25, -0.2) is 4.39 Å². The fourth-order valence-electron chi connectivity index (χ4n) is 1.78. The summed E-state index contributed by atoms with van der Waals surface area (Å²) >= 11 is 0. The maximum atomic E-state index is 13.6. The summed E-state index contributed by atoms with van der Waals surface area (Å²) < 4.78 is 19.0. The Morgan fingerprint density at radius 3 is 2.56 bits per heavy atom. The number of ether oxygens (including phenoxy) is 1. The van der Waals surface area contributed by atoms with E-state index in [1.165, 1.54) is 25.3 Å². The summed E-state index contributed by atoms with van der Waals surface area (Å²) in [5.41, 5.74) is 0.572. The third-order valence-electron chi connectivity index (χ3n) is 2.94. The average molecular weight is 254 g/mol. The number of halogens is 1. The third-order valence-corrected chi connectivity index (χ3v) is 2.94. The summed E-state index contributed by atoms with van der Waals surface area (Å²) in [7, 11) is 0. The van der Waals surface area contributed by atoms with Crippen LogP contribution in [0.1, 0.15) is 57.6 Å². The lowest BCUT2D eigenvalue weighted by Crippen LogP contribution is -2.00. The van der Waals surface area contributed by atoms with Crippen LogP contribution in [0.4, 0.5) is 4.39 Å². The molecule has 1 aromatic carbocycles. The zero-order chi connectivity index (χ0) is 13.4. The molecule has 0 unspecified atom stereocenters. The largest absolute Gasteiger partial charge is 0.491 e. The van der Waals surface area contributed by atoms with Crippen LogP contribution >= 0.6 is 0 Å². The van der Waals surface area contributed by atoms with Gasteiger partial charge in [0, 0.05) is 0 Å². The van der Waals surface area contributed by atoms with Crippen molar-refractivity contribution >= 4 is 0 Å². The Morgan fingerprint density at radius 1 is 1.22 bits per heavy atom. The Balaban J connectivity index is 2.34. The van der Waals surface area contributed by atoms with Crippen LogP contribution in [0.3, 0.4) is 0 Å². The van der Waals surface area contributed by atoms with Crippen molar-refractivity contribution in [1.29, 1.82) is 0 Å². The molecule has 0 aliphatic rings. The van der Waals surface area contributed by atoms with Gasteiger partial charge in [-0.05, 0) is 31.0 Å². The highest BCUT2D eigenvalue weighted by Gasteiger charge is 2.07. The van der Waals surface area contributed by atoms with Crippen molar-refractivity contribution in [2.45, 2.75) is 52.1 Å². The van der Waals surface area contributed by atoms with Gasteiger partial charge in [0.1, 0.15) is 0 Å². The molecule has 1 atom stereocenters. The molecule has 18 heavy (non-hydrogen) atoms. The van der Waals surface area contributed by atoms with Gasteiger partial charge >= 0.3 is 0 Å². The van der Waals surface area contributed by atoms with Gasteiger partial charge in [-0.1, -0.05) is 38.7 Å². The van der Waals surface area contributed by atoms with E-state index in [1.54, 1.807) is 19.1 Å². The van der Waals surface area contributed by atoms with E-state index >= 15 is 0 Å². The van der Waals surface area contributed by atoms with E-state index in [4.69, 9.17) is 4.74 Å². The fourth-order valence-corrected chi connectivity index (χ4v) is 1.78. The highest BCUT2D eigenvalue weighted by atomic mass is 19.1. The van der Waals surface area contributed by atoms with Crippen LogP contribution in [-0.2, 0) is 0 Å². The second-order valence-electron chi connectivity index (χ2n) is 4.63. The smallest absolute Gasteiger partial charge is 0.165 e. The Labute approximate surface area is 109 Å². The molecule has 0 radical (unpaired) electrons. The van der Waals surface area contributed by atoms with Crippen LogP contribution in [0.5, 0.6) is 5.75 Å². The van der Waals surface area contributed by atoms with Gasteiger partial charge in [-0.2, -0.15) is 0 Å². The van der Waals surface area contributed by atoms with Crippen molar-refractivity contribution in [3.63, 3.8) is 0 Å². The molecule has 0 bridgehead atoms. The summed E-state index contributed by atoms with van der Waals surface area (Å²) in [4.78, 5) is 0. The number of hydrogen-bond donors (Lipinski definition) is 1. The van der Waals surface area contributed by atoms with Gasteiger partial charge in [0.2, 0.25) is 0 Å². The lowest BCUT2D eigenvalue weighted by molar-refractivity contribution is 0.198. The van der Waals surface area contributed by atoms with Gasteiger partial charge in [0.05, 0.1) is 12.7 Å². The summed E-state index contributed by atoms with van der Waals surface area (Å²) in [6.07, 6.45) is 5.11. The highest BCUT2D eigenvalue weighted by Crippen LogP contribution is 2.22. The Morgan fingerprint density at radius 2 is 1.94 bits per heavy atom. The number of aliphatic hydroxyl groups is 1. The van der Waals surface area contributed by atoms with E-state index in [9.17, 15) is 9.50 Å². The van der Waals surface area contributed by atoms with Gasteiger partial charge in [-0.3, -0.25) is 0 Å². The first-order valence-corrected chi connectivity index (χ1v) is 6.75. The second kappa shape index (κ2) is 8.09. The minimum Gasteiger partial charge on any atom is -0.491 e. The lowest BCUT2D eigenvalue weighted by Gasteiger charge is -2.10. The summed E-state index contributed by atoms with van der Waals surface area (Å²) in [5.74, 6) is -0.128. The number of benzene rings is 1. The molecule has 3 heteroatoms. The lowest BCUT2D eigenvalue weighted by atomic mass is 10.1. The first-order valence-electron chi connectivity index (χ1n) is 6.75. The standard InChI is InChI=1S/C15H23FO2/c1-3-4-5-6-7-10-18-15-9-8-13(12(2)17)11-14(15)16/h8-9,11-12,17H,3-7,10H2,1-2H3/t12-/m1/s1. The van der Waals surface area contributed by atoms with E-state index < -0.39 is 11.9 Å². The SMILES string of the molecule is CCCCCCCOc1ccc([C@@H](C)O)cc1F. The molecular weight excluding hydrogens is 231 g/mol. The molecule has 0 heterocycles. The minimum atomic E-state index is -0.650. The molecule has 1 aromatic rings. The Kier molecular flexibility index (Phi) is 6.73. The fraction of sp³-hybridized carbons (Fsp3) is 0.600. The maximum Gasteiger partial charge on any atom is 0.165 e. The van der Waals surface area contributed by atoms with E-state index in [2.05, 4.69) is 6.92 Å². The predicted molar refractivity (Wildman–Crippen MR) is 71.3 cm³/mol. The van der Waals surface area contributed by atoms with Crippen LogP contribution in [0, 0.1) is 5.82 Å². The van der Waals surface area contributed by atoms with Crippen molar-refractivity contribution in [2.24, 2.45) is 0 Å². The number of unbranched alkanes of at least 4 members (excludes halogenated alkanes) is 4. The molecule has 0 amide bonds. The van der Waals surface area contributed by atoms with Crippen molar-refractivity contribution in [2.75, 3.05) is 6.61 Å². The zero-order valence-electron chi connectivity index (χ0n) is 11.3. The van der Waals surface area contributed by atoms with Crippen LogP contribution in [0.25, 0.3) is 0 Å². The zero-order valence-corrected chi connectivity index (χ0v) is 11.3. The van der Waals surface area contributed by atoms with E-state index in [1.807, 2.05) is 0 Å². The summed E-state index contributed by atoms with van der Waals surface area (Å²) in [5, 5.41) is 9.33. The monoisotopic (exact) mass is 254 g/mol. The molecule has 2 nitrogen and oxygen atoms in total. The average Bonchev–Trinajstić information content (AvgIpc) is 2.35. The number of aliphatic hydroxyl groups excluding tert-OH is 1. The van der Waals surface area contributed by atoms with Crippen molar-refractivity contribution in [1.82, 2.24) is 0 Å². The molecule has 0 aromatic heterocycles.